The highest BCUT2D eigenvalue weighted by molar-refractivity contribution is 6.01. The lowest BCUT2D eigenvalue weighted by molar-refractivity contribution is -0.138. The number of benzene rings is 3. The number of fused-ring (bicyclic) bond motifs is 1. The van der Waals surface area contributed by atoms with Crippen molar-refractivity contribution in [1.82, 2.24) is 26.2 Å². The molecule has 0 saturated carbocycles. The van der Waals surface area contributed by atoms with E-state index in [-0.39, 0.29) is 56.4 Å². The quantitative estimate of drug-likeness (QED) is 0.0743. The van der Waals surface area contributed by atoms with E-state index in [0.29, 0.717) is 25.9 Å². The summed E-state index contributed by atoms with van der Waals surface area (Å²) in [6.07, 6.45) is -0.653. The second-order valence-electron chi connectivity index (χ2n) is 17.1. The Balaban J connectivity index is 1.58. The van der Waals surface area contributed by atoms with Gasteiger partial charge in [0.2, 0.25) is 29.6 Å². The van der Waals surface area contributed by atoms with Gasteiger partial charge in [0.1, 0.15) is 23.3 Å². The van der Waals surface area contributed by atoms with Crippen LogP contribution < -0.4 is 27.0 Å². The molecule has 4 rings (SSSR count). The van der Waals surface area contributed by atoms with Gasteiger partial charge < -0.3 is 35.5 Å². The van der Waals surface area contributed by atoms with Gasteiger partial charge in [-0.15, -0.1) is 0 Å². The van der Waals surface area contributed by atoms with E-state index in [9.17, 15) is 28.8 Å². The van der Waals surface area contributed by atoms with Gasteiger partial charge in [0.05, 0.1) is 12.7 Å². The van der Waals surface area contributed by atoms with E-state index in [2.05, 4.69) is 32.3 Å². The summed E-state index contributed by atoms with van der Waals surface area (Å²) in [5.41, 5.74) is 5.52. The van der Waals surface area contributed by atoms with Crippen LogP contribution in [0.1, 0.15) is 91.7 Å². The Morgan fingerprint density at radius 1 is 0.803 bits per heavy atom. The van der Waals surface area contributed by atoms with E-state index in [1.54, 1.807) is 46.4 Å². The number of hydrogen-bond acceptors (Lipinski definition) is 10. The number of aliphatic imine (C=N–C) groups is 1. The molecule has 61 heavy (non-hydrogen) atoms. The lowest BCUT2D eigenvalue weighted by Gasteiger charge is -2.30. The van der Waals surface area contributed by atoms with Crippen LogP contribution in [-0.4, -0.2) is 95.2 Å². The molecule has 3 aromatic rings. The normalized spacial score (nSPS) is 16.1. The van der Waals surface area contributed by atoms with Crippen LogP contribution in [0.4, 0.5) is 9.59 Å². The highest BCUT2D eigenvalue weighted by Crippen LogP contribution is 2.27. The molecule has 0 unspecified atom stereocenters. The van der Waals surface area contributed by atoms with E-state index in [1.165, 1.54) is 6.92 Å². The van der Waals surface area contributed by atoms with Gasteiger partial charge in [-0.2, -0.15) is 0 Å². The average Bonchev–Trinajstić information content (AvgIpc) is 3.58. The maximum atomic E-state index is 14.7. The number of alkyl carbamates (subject to hydrolysis) is 2. The van der Waals surface area contributed by atoms with Crippen molar-refractivity contribution in [2.24, 2.45) is 10.7 Å². The van der Waals surface area contributed by atoms with Gasteiger partial charge in [-0.1, -0.05) is 66.7 Å². The SMILES string of the molecule is CC(=O)N[C@H](CCC(N)=O)C(=O)N[C@H](Cc1ccccc1)C(=O)N1C[C@H](OCc2ccc3ccccc3c2)C[C@@H]1CCCN=C(NC(=O)OC(C)(C)C)NC(=O)OC(C)(C)C. The lowest BCUT2D eigenvalue weighted by atomic mass is 10.0. The number of nitrogens with two attached hydrogens (primary N) is 1. The molecular weight excluding hydrogens is 783 g/mol. The van der Waals surface area contributed by atoms with Gasteiger partial charge in [0.25, 0.3) is 0 Å². The molecule has 6 amide bonds. The molecule has 0 bridgehead atoms. The number of nitrogens with zero attached hydrogens (tertiary/aromatic N) is 2. The summed E-state index contributed by atoms with van der Waals surface area (Å²) in [7, 11) is 0. The van der Waals surface area contributed by atoms with Crippen LogP contribution in [-0.2, 0) is 46.4 Å². The molecule has 1 fully saturated rings. The van der Waals surface area contributed by atoms with Crippen molar-refractivity contribution in [3.05, 3.63) is 83.9 Å². The minimum absolute atomic E-state index is 0.0436. The third-order valence-corrected chi connectivity index (χ3v) is 9.43. The number of ether oxygens (including phenoxy) is 3. The molecule has 0 radical (unpaired) electrons. The number of likely N-dealkylation sites (tertiary alicyclic amines) is 1. The largest absolute Gasteiger partial charge is 0.444 e. The third-order valence-electron chi connectivity index (χ3n) is 9.43. The smallest absolute Gasteiger partial charge is 0.414 e. The zero-order chi connectivity index (χ0) is 44.7. The zero-order valence-corrected chi connectivity index (χ0v) is 36.2. The fourth-order valence-electron chi connectivity index (χ4n) is 6.83. The molecule has 0 aliphatic carbocycles. The lowest BCUT2D eigenvalue weighted by Crippen LogP contribution is -2.55. The highest BCUT2D eigenvalue weighted by Gasteiger charge is 2.39. The van der Waals surface area contributed by atoms with Crippen molar-refractivity contribution >= 4 is 52.5 Å². The minimum Gasteiger partial charge on any atom is -0.444 e. The maximum Gasteiger partial charge on any atom is 0.414 e. The molecule has 4 atom stereocenters. The first-order valence-corrected chi connectivity index (χ1v) is 20.6. The molecule has 1 saturated heterocycles. The minimum atomic E-state index is -1.10. The number of primary amides is 1. The van der Waals surface area contributed by atoms with Crippen molar-refractivity contribution in [3.8, 4) is 0 Å². The first-order chi connectivity index (χ1) is 28.7. The summed E-state index contributed by atoms with van der Waals surface area (Å²) in [4.78, 5) is 83.6. The first-order valence-electron chi connectivity index (χ1n) is 20.6. The average molecular weight is 844 g/mol. The number of carbonyl (C=O) groups is 6. The predicted octanol–water partition coefficient (Wildman–Crippen LogP) is 5.01. The monoisotopic (exact) mass is 843 g/mol. The van der Waals surface area contributed by atoms with Crippen LogP contribution in [0.2, 0.25) is 0 Å². The molecule has 16 heteroatoms. The van der Waals surface area contributed by atoms with E-state index in [0.717, 1.165) is 21.9 Å². The van der Waals surface area contributed by atoms with Gasteiger partial charge >= 0.3 is 12.2 Å². The van der Waals surface area contributed by atoms with Crippen LogP contribution in [0.25, 0.3) is 10.8 Å². The number of amides is 6. The Kier molecular flexibility index (Phi) is 17.2. The number of guanidine groups is 1. The summed E-state index contributed by atoms with van der Waals surface area (Å²) < 4.78 is 17.2. The second kappa shape index (κ2) is 22.0. The Bertz CT molecular complexity index is 2000. The summed E-state index contributed by atoms with van der Waals surface area (Å²) >= 11 is 0. The Labute approximate surface area is 357 Å². The van der Waals surface area contributed by atoms with Crippen LogP contribution in [0, 0.1) is 0 Å². The molecule has 16 nitrogen and oxygen atoms in total. The fraction of sp³-hybridized carbons (Fsp3) is 0.489. The van der Waals surface area contributed by atoms with E-state index in [1.807, 2.05) is 66.7 Å². The molecule has 0 aromatic heterocycles. The molecular formula is C45H61N7O9. The first kappa shape index (κ1) is 47.6. The van der Waals surface area contributed by atoms with Gasteiger partial charge in [-0.05, 0) is 95.2 Å². The topological polar surface area (TPSA) is 220 Å². The summed E-state index contributed by atoms with van der Waals surface area (Å²) in [6, 6.07) is 20.9. The van der Waals surface area contributed by atoms with E-state index >= 15 is 0 Å². The zero-order valence-electron chi connectivity index (χ0n) is 36.2. The summed E-state index contributed by atoms with van der Waals surface area (Å²) in [5, 5.41) is 12.6. The maximum absolute atomic E-state index is 14.7. The van der Waals surface area contributed by atoms with Crippen molar-refractivity contribution in [2.75, 3.05) is 13.1 Å². The second-order valence-corrected chi connectivity index (χ2v) is 17.1. The van der Waals surface area contributed by atoms with E-state index < -0.39 is 53.2 Å². The van der Waals surface area contributed by atoms with Gasteiger partial charge in [-0.3, -0.25) is 34.8 Å². The van der Waals surface area contributed by atoms with Crippen LogP contribution in [0.3, 0.4) is 0 Å². The fourth-order valence-corrected chi connectivity index (χ4v) is 6.83. The molecule has 1 heterocycles. The van der Waals surface area contributed by atoms with Crippen molar-refractivity contribution < 1.29 is 43.0 Å². The predicted molar refractivity (Wildman–Crippen MR) is 231 cm³/mol. The summed E-state index contributed by atoms with van der Waals surface area (Å²) in [5.74, 6) is -2.24. The third kappa shape index (κ3) is 16.9. The Hall–Kier alpha value is -6.03. The summed E-state index contributed by atoms with van der Waals surface area (Å²) in [6.45, 7) is 12.2. The van der Waals surface area contributed by atoms with Crippen LogP contribution >= 0.6 is 0 Å². The molecule has 3 aromatic carbocycles. The molecule has 6 N–H and O–H groups in total. The van der Waals surface area contributed by atoms with E-state index in [4.69, 9.17) is 19.9 Å². The molecule has 1 aliphatic rings. The molecule has 1 aliphatic heterocycles. The Morgan fingerprint density at radius 3 is 2.03 bits per heavy atom. The number of rotatable bonds is 16. The standard InChI is InChI=1S/C45H61N7O9/c1-29(53)48-36(21-22-38(46)54)39(55)49-37(25-30-14-9-8-10-15-30)40(56)52-27-35(59-28-31-19-20-32-16-11-12-17-33(32)24-31)26-34(52)18-13-23-47-41(50-42(57)60-44(2,3)4)51-43(58)61-45(5,6)7/h8-12,14-17,19-20,24,34-37H,13,18,21-23,25-28H2,1-7H3,(H2,46,54)(H,48,53)(H,49,55)(H2,47,50,51,57,58)/t34-,35+,36+,37+/m0/s1. The number of carbonyl (C=O) groups excluding carboxylic acids is 6. The van der Waals surface area contributed by atoms with Gasteiger partial charge in [0.15, 0.2) is 0 Å². The highest BCUT2D eigenvalue weighted by atomic mass is 16.6. The van der Waals surface area contributed by atoms with Crippen molar-refractivity contribution in [3.63, 3.8) is 0 Å². The number of hydrogen-bond donors (Lipinski definition) is 5. The van der Waals surface area contributed by atoms with Gasteiger partial charge in [0, 0.05) is 38.9 Å². The van der Waals surface area contributed by atoms with Gasteiger partial charge in [-0.25, -0.2) is 9.59 Å². The Morgan fingerprint density at radius 2 is 1.43 bits per heavy atom. The van der Waals surface area contributed by atoms with Crippen molar-refractivity contribution in [2.45, 2.75) is 129 Å². The van der Waals surface area contributed by atoms with Crippen LogP contribution in [0.15, 0.2) is 77.8 Å². The van der Waals surface area contributed by atoms with Crippen molar-refractivity contribution in [1.29, 1.82) is 0 Å². The molecule has 0 spiro atoms. The molecule has 330 valence electrons. The van der Waals surface area contributed by atoms with Crippen LogP contribution in [0.5, 0.6) is 0 Å². The number of nitrogens with one attached hydrogen (secondary N) is 4.